The van der Waals surface area contributed by atoms with E-state index in [1.807, 2.05) is 12.1 Å². The van der Waals surface area contributed by atoms with Crippen molar-refractivity contribution in [1.29, 1.82) is 0 Å². The van der Waals surface area contributed by atoms with Crippen molar-refractivity contribution in [3.63, 3.8) is 0 Å². The molecule has 3 rings (SSSR count). The zero-order chi connectivity index (χ0) is 13.5. The topological polar surface area (TPSA) is 39.1 Å². The van der Waals surface area contributed by atoms with Gasteiger partial charge in [-0.1, -0.05) is 12.1 Å². The number of hydrogen-bond acceptors (Lipinski definition) is 3. The van der Waals surface area contributed by atoms with Gasteiger partial charge in [-0.15, -0.1) is 0 Å². The Morgan fingerprint density at radius 1 is 1.37 bits per heavy atom. The molecule has 4 heteroatoms. The Morgan fingerprint density at radius 2 is 2.16 bits per heavy atom. The zero-order valence-corrected chi connectivity index (χ0v) is 11.8. The van der Waals surface area contributed by atoms with Crippen molar-refractivity contribution in [1.82, 2.24) is 9.55 Å². The molecule has 4 nitrogen and oxygen atoms in total. The van der Waals surface area contributed by atoms with Gasteiger partial charge in [-0.05, 0) is 38.8 Å². The van der Waals surface area contributed by atoms with Gasteiger partial charge in [-0.25, -0.2) is 4.98 Å². The summed E-state index contributed by atoms with van der Waals surface area (Å²) in [5, 5.41) is 3.57. The number of anilines is 1. The summed E-state index contributed by atoms with van der Waals surface area (Å²) < 4.78 is 7.88. The van der Waals surface area contributed by atoms with Gasteiger partial charge in [0.1, 0.15) is 0 Å². The second-order valence-electron chi connectivity index (χ2n) is 5.93. The summed E-state index contributed by atoms with van der Waals surface area (Å²) >= 11 is 0. The molecule has 1 saturated heterocycles. The smallest absolute Gasteiger partial charge is 0.203 e. The second-order valence-corrected chi connectivity index (χ2v) is 5.93. The molecular formula is C15H21N3O. The van der Waals surface area contributed by atoms with Crippen molar-refractivity contribution in [2.24, 2.45) is 7.05 Å². The van der Waals surface area contributed by atoms with Crippen molar-refractivity contribution in [3.05, 3.63) is 24.3 Å². The van der Waals surface area contributed by atoms with Gasteiger partial charge in [0, 0.05) is 19.7 Å². The molecule has 2 aromatic rings. The third-order valence-electron chi connectivity index (χ3n) is 3.82. The molecule has 0 aliphatic carbocycles. The Bertz CT molecular complexity index is 588. The first-order chi connectivity index (χ1) is 9.05. The monoisotopic (exact) mass is 259 g/mol. The number of aryl methyl sites for hydroxylation is 1. The number of nitrogens with one attached hydrogen (secondary N) is 1. The normalized spacial score (nSPS) is 22.6. The lowest BCUT2D eigenvalue weighted by Crippen LogP contribution is -2.40. The van der Waals surface area contributed by atoms with Crippen LogP contribution in [0, 0.1) is 0 Å². The number of imidazole rings is 1. The maximum atomic E-state index is 5.76. The van der Waals surface area contributed by atoms with Crippen LogP contribution >= 0.6 is 0 Å². The summed E-state index contributed by atoms with van der Waals surface area (Å²) in [5.74, 6) is 0.948. The summed E-state index contributed by atoms with van der Waals surface area (Å²) in [5.41, 5.74) is 2.16. The number of aromatic nitrogens is 2. The molecule has 0 radical (unpaired) electrons. The van der Waals surface area contributed by atoms with E-state index in [9.17, 15) is 0 Å². The molecule has 1 N–H and O–H groups in total. The number of hydrogen-bond donors (Lipinski definition) is 1. The summed E-state index contributed by atoms with van der Waals surface area (Å²) in [6.07, 6.45) is 2.04. The van der Waals surface area contributed by atoms with Crippen LogP contribution in [0.3, 0.4) is 0 Å². The number of ether oxygens (including phenoxy) is 1. The average molecular weight is 259 g/mol. The predicted octanol–water partition coefficient (Wildman–Crippen LogP) is 2.94. The van der Waals surface area contributed by atoms with Crippen LogP contribution in [-0.4, -0.2) is 27.8 Å². The second kappa shape index (κ2) is 4.53. The zero-order valence-electron chi connectivity index (χ0n) is 11.8. The van der Waals surface area contributed by atoms with E-state index < -0.39 is 0 Å². The van der Waals surface area contributed by atoms with Crippen molar-refractivity contribution in [3.8, 4) is 0 Å². The van der Waals surface area contributed by atoms with E-state index in [2.05, 4.69) is 47.9 Å². The minimum absolute atomic E-state index is 0.0412. The first kappa shape index (κ1) is 12.5. The van der Waals surface area contributed by atoms with Crippen LogP contribution < -0.4 is 5.32 Å². The number of rotatable bonds is 2. The van der Waals surface area contributed by atoms with Gasteiger partial charge in [0.05, 0.1) is 16.6 Å². The molecule has 1 aliphatic heterocycles. The minimum atomic E-state index is -0.0412. The fourth-order valence-corrected chi connectivity index (χ4v) is 2.81. The fourth-order valence-electron chi connectivity index (χ4n) is 2.81. The van der Waals surface area contributed by atoms with Crippen LogP contribution in [0.4, 0.5) is 5.95 Å². The van der Waals surface area contributed by atoms with E-state index in [0.29, 0.717) is 6.04 Å². The highest BCUT2D eigenvalue weighted by Crippen LogP contribution is 2.27. The average Bonchev–Trinajstić information content (AvgIpc) is 2.66. The van der Waals surface area contributed by atoms with Crippen molar-refractivity contribution in [2.75, 3.05) is 11.9 Å². The van der Waals surface area contributed by atoms with Crippen molar-refractivity contribution < 1.29 is 4.74 Å². The lowest BCUT2D eigenvalue weighted by molar-refractivity contribution is -0.0554. The van der Waals surface area contributed by atoms with Gasteiger partial charge in [-0.2, -0.15) is 0 Å². The van der Waals surface area contributed by atoms with Gasteiger partial charge < -0.3 is 14.6 Å². The molecule has 102 valence electrons. The lowest BCUT2D eigenvalue weighted by Gasteiger charge is -2.35. The molecule has 1 aromatic heterocycles. The number of para-hydroxylation sites is 2. The molecular weight excluding hydrogens is 238 g/mol. The first-order valence-corrected chi connectivity index (χ1v) is 6.87. The van der Waals surface area contributed by atoms with E-state index >= 15 is 0 Å². The Kier molecular flexibility index (Phi) is 2.97. The predicted molar refractivity (Wildman–Crippen MR) is 77.4 cm³/mol. The highest BCUT2D eigenvalue weighted by atomic mass is 16.5. The van der Waals surface area contributed by atoms with E-state index in [-0.39, 0.29) is 5.60 Å². The van der Waals surface area contributed by atoms with Gasteiger partial charge in [0.15, 0.2) is 0 Å². The van der Waals surface area contributed by atoms with E-state index in [1.165, 1.54) is 0 Å². The molecule has 1 unspecified atom stereocenters. The standard InChI is InChI=1S/C15H21N3O/c1-15(2)10-11(8-9-19-15)16-14-17-12-6-4-5-7-13(12)18(14)3/h4-7,11H,8-10H2,1-3H3,(H,16,17). The quantitative estimate of drug-likeness (QED) is 0.901. The molecule has 1 aromatic carbocycles. The Morgan fingerprint density at radius 3 is 2.89 bits per heavy atom. The number of nitrogens with zero attached hydrogens (tertiary/aromatic N) is 2. The number of benzene rings is 1. The van der Waals surface area contributed by atoms with Gasteiger partial charge in [0.25, 0.3) is 0 Å². The SMILES string of the molecule is Cn1c(NC2CCOC(C)(C)C2)nc2ccccc21. The maximum absolute atomic E-state index is 5.76. The third kappa shape index (κ3) is 2.45. The molecule has 1 aliphatic rings. The summed E-state index contributed by atoms with van der Waals surface area (Å²) in [7, 11) is 2.06. The molecule has 0 bridgehead atoms. The summed E-state index contributed by atoms with van der Waals surface area (Å²) in [6, 6.07) is 8.65. The van der Waals surface area contributed by atoms with Gasteiger partial charge in [-0.3, -0.25) is 0 Å². The van der Waals surface area contributed by atoms with E-state index in [4.69, 9.17) is 4.74 Å². The van der Waals surface area contributed by atoms with Gasteiger partial charge >= 0.3 is 0 Å². The third-order valence-corrected chi connectivity index (χ3v) is 3.82. The lowest BCUT2D eigenvalue weighted by atomic mass is 9.94. The molecule has 0 spiro atoms. The van der Waals surface area contributed by atoms with E-state index in [1.54, 1.807) is 0 Å². The van der Waals surface area contributed by atoms with Crippen LogP contribution in [0.25, 0.3) is 11.0 Å². The minimum Gasteiger partial charge on any atom is -0.375 e. The number of fused-ring (bicyclic) bond motifs is 1. The van der Waals surface area contributed by atoms with Crippen LogP contribution in [0.1, 0.15) is 26.7 Å². The van der Waals surface area contributed by atoms with Crippen molar-refractivity contribution in [2.45, 2.75) is 38.3 Å². The summed E-state index contributed by atoms with van der Waals surface area (Å²) in [4.78, 5) is 4.67. The van der Waals surface area contributed by atoms with Crippen LogP contribution in [0.15, 0.2) is 24.3 Å². The highest BCUT2D eigenvalue weighted by Gasteiger charge is 2.29. The van der Waals surface area contributed by atoms with Crippen LogP contribution in [-0.2, 0) is 11.8 Å². The Hall–Kier alpha value is -1.55. The molecule has 0 saturated carbocycles. The highest BCUT2D eigenvalue weighted by molar-refractivity contribution is 5.78. The first-order valence-electron chi connectivity index (χ1n) is 6.87. The van der Waals surface area contributed by atoms with Crippen LogP contribution in [0.5, 0.6) is 0 Å². The van der Waals surface area contributed by atoms with Crippen molar-refractivity contribution >= 4 is 17.0 Å². The molecule has 0 amide bonds. The Labute approximate surface area is 113 Å². The molecule has 2 heterocycles. The maximum Gasteiger partial charge on any atom is 0.203 e. The van der Waals surface area contributed by atoms with E-state index in [0.717, 1.165) is 36.4 Å². The molecule has 19 heavy (non-hydrogen) atoms. The van der Waals surface area contributed by atoms with Gasteiger partial charge in [0.2, 0.25) is 5.95 Å². The fraction of sp³-hybridized carbons (Fsp3) is 0.533. The molecule has 1 fully saturated rings. The Balaban J connectivity index is 1.83. The van der Waals surface area contributed by atoms with Crippen LogP contribution in [0.2, 0.25) is 0 Å². The summed E-state index contributed by atoms with van der Waals surface area (Å²) in [6.45, 7) is 5.11. The largest absolute Gasteiger partial charge is 0.375 e. The molecule has 1 atom stereocenters.